The fourth-order valence-corrected chi connectivity index (χ4v) is 2.29. The van der Waals surface area contributed by atoms with Crippen molar-refractivity contribution >= 4 is 23.3 Å². The van der Waals surface area contributed by atoms with E-state index in [0.717, 1.165) is 0 Å². The van der Waals surface area contributed by atoms with Gasteiger partial charge in [0.15, 0.2) is 0 Å². The zero-order valence-electron chi connectivity index (χ0n) is 12.7. The Hall–Kier alpha value is -2.32. The van der Waals surface area contributed by atoms with Crippen molar-refractivity contribution in [2.24, 2.45) is 5.92 Å². The normalized spacial score (nSPS) is 18.2. The summed E-state index contributed by atoms with van der Waals surface area (Å²) >= 11 is 0. The van der Waals surface area contributed by atoms with Gasteiger partial charge < -0.3 is 15.1 Å². The Morgan fingerprint density at radius 1 is 1.43 bits per heavy atom. The molecule has 0 aromatic carbocycles. The van der Waals surface area contributed by atoms with Gasteiger partial charge in [0.05, 0.1) is 17.8 Å². The first-order valence-corrected chi connectivity index (χ1v) is 6.94. The Labute approximate surface area is 131 Å². The van der Waals surface area contributed by atoms with E-state index in [-0.39, 0.29) is 13.0 Å². The highest BCUT2D eigenvalue weighted by molar-refractivity contribution is 5.97. The molecule has 1 aromatic rings. The molecule has 6 nitrogen and oxygen atoms in total. The Morgan fingerprint density at radius 3 is 2.65 bits per heavy atom. The molecule has 23 heavy (non-hydrogen) atoms. The quantitative estimate of drug-likeness (QED) is 0.909. The van der Waals surface area contributed by atoms with Crippen molar-refractivity contribution in [3.63, 3.8) is 0 Å². The van der Waals surface area contributed by atoms with E-state index in [1.54, 1.807) is 17.0 Å². The second-order valence-corrected chi connectivity index (χ2v) is 5.58. The van der Waals surface area contributed by atoms with Crippen molar-refractivity contribution in [3.8, 4) is 0 Å². The third-order valence-electron chi connectivity index (χ3n) is 3.43. The number of rotatable bonds is 4. The van der Waals surface area contributed by atoms with Crippen molar-refractivity contribution in [2.45, 2.75) is 12.6 Å². The van der Waals surface area contributed by atoms with Crippen LogP contribution in [-0.4, -0.2) is 55.1 Å². The molecule has 2 rings (SSSR count). The molecular weight excluding hydrogens is 313 g/mol. The first-order chi connectivity index (χ1) is 10.7. The molecule has 9 heteroatoms. The van der Waals surface area contributed by atoms with Gasteiger partial charge in [-0.3, -0.25) is 9.59 Å². The van der Waals surface area contributed by atoms with Crippen molar-refractivity contribution in [1.82, 2.24) is 9.88 Å². The lowest BCUT2D eigenvalue weighted by atomic mass is 10.1. The molecule has 1 aliphatic heterocycles. The summed E-state index contributed by atoms with van der Waals surface area (Å²) in [5.41, 5.74) is 0.433. The van der Waals surface area contributed by atoms with Gasteiger partial charge in [-0.15, -0.1) is 0 Å². The predicted molar refractivity (Wildman–Crippen MR) is 77.9 cm³/mol. The number of hydrogen-bond acceptors (Lipinski definition) is 4. The maximum Gasteiger partial charge on any atom is 0.406 e. The highest BCUT2D eigenvalue weighted by atomic mass is 19.4. The van der Waals surface area contributed by atoms with E-state index in [0.29, 0.717) is 16.4 Å². The van der Waals surface area contributed by atoms with Gasteiger partial charge in [0.25, 0.3) is 0 Å². The summed E-state index contributed by atoms with van der Waals surface area (Å²) in [5.74, 6) is -1.24. The molecule has 2 amide bonds. The standard InChI is InChI=1S/C14H17F3N4O2/c1-20(2)11-4-3-10(6-18-11)19-13(23)9-5-12(22)21(7-9)8-14(15,16)17/h3-4,6,9H,5,7-8H2,1-2H3,(H,19,23). The Kier molecular flexibility index (Phi) is 4.76. The molecule has 1 aromatic heterocycles. The van der Waals surface area contributed by atoms with Gasteiger partial charge in [0.2, 0.25) is 11.8 Å². The summed E-state index contributed by atoms with van der Waals surface area (Å²) in [4.78, 5) is 30.2. The van der Waals surface area contributed by atoms with Crippen LogP contribution in [0.25, 0.3) is 0 Å². The van der Waals surface area contributed by atoms with Crippen LogP contribution < -0.4 is 10.2 Å². The number of hydrogen-bond donors (Lipinski definition) is 1. The minimum absolute atomic E-state index is 0.217. The molecule has 1 N–H and O–H groups in total. The summed E-state index contributed by atoms with van der Waals surface area (Å²) in [5, 5.41) is 2.57. The Morgan fingerprint density at radius 2 is 2.13 bits per heavy atom. The maximum absolute atomic E-state index is 12.4. The first-order valence-electron chi connectivity index (χ1n) is 6.94. The zero-order chi connectivity index (χ0) is 17.2. The maximum atomic E-state index is 12.4. The lowest BCUT2D eigenvalue weighted by Crippen LogP contribution is -2.36. The fraction of sp³-hybridized carbons (Fsp3) is 0.500. The molecule has 1 fully saturated rings. The highest BCUT2D eigenvalue weighted by Crippen LogP contribution is 2.24. The van der Waals surface area contributed by atoms with Gasteiger partial charge in [0.1, 0.15) is 12.4 Å². The second-order valence-electron chi connectivity index (χ2n) is 5.58. The van der Waals surface area contributed by atoms with E-state index in [9.17, 15) is 22.8 Å². The number of aromatic nitrogens is 1. The number of pyridine rings is 1. The zero-order valence-corrected chi connectivity index (χ0v) is 12.7. The van der Waals surface area contributed by atoms with E-state index < -0.39 is 30.5 Å². The number of amides is 2. The second kappa shape index (κ2) is 6.43. The first kappa shape index (κ1) is 17.0. The van der Waals surface area contributed by atoms with Crippen LogP contribution in [0, 0.1) is 5.92 Å². The van der Waals surface area contributed by atoms with Crippen molar-refractivity contribution in [3.05, 3.63) is 18.3 Å². The van der Waals surface area contributed by atoms with Crippen molar-refractivity contribution < 1.29 is 22.8 Å². The van der Waals surface area contributed by atoms with Crippen LogP contribution in [0.4, 0.5) is 24.7 Å². The summed E-state index contributed by atoms with van der Waals surface area (Å²) in [6, 6.07) is 3.34. The summed E-state index contributed by atoms with van der Waals surface area (Å²) in [7, 11) is 3.64. The molecule has 2 heterocycles. The van der Waals surface area contributed by atoms with E-state index in [1.165, 1.54) is 6.20 Å². The van der Waals surface area contributed by atoms with Crippen LogP contribution in [0.1, 0.15) is 6.42 Å². The molecule has 126 valence electrons. The van der Waals surface area contributed by atoms with Crippen LogP contribution in [0.5, 0.6) is 0 Å². The SMILES string of the molecule is CN(C)c1ccc(NC(=O)C2CC(=O)N(CC(F)(F)F)C2)cn1. The number of anilines is 2. The van der Waals surface area contributed by atoms with Crippen molar-refractivity contribution in [2.75, 3.05) is 37.4 Å². The average Bonchev–Trinajstić information content (AvgIpc) is 2.79. The number of halogens is 3. The molecule has 0 spiro atoms. The van der Waals surface area contributed by atoms with E-state index in [4.69, 9.17) is 0 Å². The fourth-order valence-electron chi connectivity index (χ4n) is 2.29. The van der Waals surface area contributed by atoms with E-state index in [1.807, 2.05) is 14.1 Å². The monoisotopic (exact) mass is 330 g/mol. The third kappa shape index (κ3) is 4.57. The van der Waals surface area contributed by atoms with Gasteiger partial charge in [0, 0.05) is 27.1 Å². The molecule has 1 aliphatic rings. The predicted octanol–water partition coefficient (Wildman–Crippen LogP) is 1.50. The smallest absolute Gasteiger partial charge is 0.363 e. The lowest BCUT2D eigenvalue weighted by Gasteiger charge is -2.18. The number of likely N-dealkylation sites (tertiary alicyclic amines) is 1. The number of nitrogens with zero attached hydrogens (tertiary/aromatic N) is 3. The van der Waals surface area contributed by atoms with Gasteiger partial charge in [-0.1, -0.05) is 0 Å². The number of nitrogens with one attached hydrogen (secondary N) is 1. The Balaban J connectivity index is 1.95. The van der Waals surface area contributed by atoms with E-state index >= 15 is 0 Å². The summed E-state index contributed by atoms with van der Waals surface area (Å²) < 4.78 is 37.1. The largest absolute Gasteiger partial charge is 0.406 e. The summed E-state index contributed by atoms with van der Waals surface area (Å²) in [6.07, 6.45) is -3.23. The van der Waals surface area contributed by atoms with Crippen LogP contribution in [-0.2, 0) is 9.59 Å². The van der Waals surface area contributed by atoms with Gasteiger partial charge in [-0.25, -0.2) is 4.98 Å². The molecule has 0 saturated carbocycles. The minimum atomic E-state index is -4.47. The number of alkyl halides is 3. The molecular formula is C14H17F3N4O2. The lowest BCUT2D eigenvalue weighted by molar-refractivity contribution is -0.157. The molecule has 0 aliphatic carbocycles. The summed E-state index contributed by atoms with van der Waals surface area (Å²) in [6.45, 7) is -1.55. The highest BCUT2D eigenvalue weighted by Gasteiger charge is 2.40. The average molecular weight is 330 g/mol. The minimum Gasteiger partial charge on any atom is -0.363 e. The molecule has 1 atom stereocenters. The third-order valence-corrected chi connectivity index (χ3v) is 3.43. The van der Waals surface area contributed by atoms with Crippen LogP contribution in [0.3, 0.4) is 0 Å². The van der Waals surface area contributed by atoms with Crippen LogP contribution >= 0.6 is 0 Å². The van der Waals surface area contributed by atoms with Crippen LogP contribution in [0.2, 0.25) is 0 Å². The van der Waals surface area contributed by atoms with Crippen molar-refractivity contribution in [1.29, 1.82) is 0 Å². The van der Waals surface area contributed by atoms with Gasteiger partial charge in [-0.2, -0.15) is 13.2 Å². The topological polar surface area (TPSA) is 65.5 Å². The number of carbonyl (C=O) groups excluding carboxylic acids is 2. The molecule has 0 radical (unpaired) electrons. The van der Waals surface area contributed by atoms with E-state index in [2.05, 4.69) is 10.3 Å². The van der Waals surface area contributed by atoms with Gasteiger partial charge >= 0.3 is 6.18 Å². The molecule has 1 unspecified atom stereocenters. The van der Waals surface area contributed by atoms with Gasteiger partial charge in [-0.05, 0) is 12.1 Å². The molecule has 1 saturated heterocycles. The molecule has 0 bridgehead atoms. The Bertz CT molecular complexity index is 587. The van der Waals surface area contributed by atoms with Crippen LogP contribution in [0.15, 0.2) is 18.3 Å². The number of carbonyl (C=O) groups is 2.